The minimum atomic E-state index is -4.79. The molecule has 0 spiro atoms. The molecule has 0 unspecified atom stereocenters. The van der Waals surface area contributed by atoms with Gasteiger partial charge in [-0.05, 0) is 57.3 Å². The van der Waals surface area contributed by atoms with Crippen LogP contribution in [0.15, 0.2) is 12.1 Å². The van der Waals surface area contributed by atoms with E-state index in [0.717, 1.165) is 6.07 Å². The average Bonchev–Trinajstić information content (AvgIpc) is 2.04. The van der Waals surface area contributed by atoms with E-state index in [1.165, 1.54) is 28.7 Å². The standard InChI is InChI=1S/C7H2F4I2O/c8-5-3(12)1-2-4(6(5)13)14-7(9,10)11/h1-2H. The lowest BCUT2D eigenvalue weighted by molar-refractivity contribution is -0.275. The zero-order valence-corrected chi connectivity index (χ0v) is 10.6. The summed E-state index contributed by atoms with van der Waals surface area (Å²) in [5, 5.41) is 0. The van der Waals surface area contributed by atoms with E-state index in [2.05, 4.69) is 4.74 Å². The van der Waals surface area contributed by atoms with E-state index in [9.17, 15) is 17.6 Å². The first-order valence-electron chi connectivity index (χ1n) is 3.20. The average molecular weight is 432 g/mol. The van der Waals surface area contributed by atoms with E-state index in [-0.39, 0.29) is 7.14 Å². The first-order chi connectivity index (χ1) is 6.31. The van der Waals surface area contributed by atoms with Gasteiger partial charge in [0.15, 0.2) is 5.82 Å². The first kappa shape index (κ1) is 12.3. The molecule has 14 heavy (non-hydrogen) atoms. The lowest BCUT2D eigenvalue weighted by Gasteiger charge is -2.11. The maximum absolute atomic E-state index is 13.1. The highest BCUT2D eigenvalue weighted by Crippen LogP contribution is 2.31. The fourth-order valence-corrected chi connectivity index (χ4v) is 2.26. The summed E-state index contributed by atoms with van der Waals surface area (Å²) in [5.41, 5.74) is 0. The van der Waals surface area contributed by atoms with Crippen LogP contribution in [0.5, 0.6) is 5.75 Å². The van der Waals surface area contributed by atoms with Crippen LogP contribution in [0.25, 0.3) is 0 Å². The van der Waals surface area contributed by atoms with Gasteiger partial charge in [-0.2, -0.15) is 0 Å². The van der Waals surface area contributed by atoms with E-state index in [1.54, 1.807) is 22.6 Å². The molecule has 0 bridgehead atoms. The van der Waals surface area contributed by atoms with Gasteiger partial charge in [0.1, 0.15) is 5.75 Å². The summed E-state index contributed by atoms with van der Waals surface area (Å²) < 4.78 is 52.2. The third-order valence-electron chi connectivity index (χ3n) is 1.23. The van der Waals surface area contributed by atoms with Crippen LogP contribution in [0.4, 0.5) is 17.6 Å². The zero-order valence-electron chi connectivity index (χ0n) is 6.33. The normalized spacial score (nSPS) is 11.6. The van der Waals surface area contributed by atoms with Gasteiger partial charge in [0, 0.05) is 0 Å². The summed E-state index contributed by atoms with van der Waals surface area (Å²) in [6.07, 6.45) is -4.79. The number of halogens is 6. The molecular formula is C7H2F4I2O. The lowest BCUT2D eigenvalue weighted by Crippen LogP contribution is -2.18. The molecule has 7 heteroatoms. The largest absolute Gasteiger partial charge is 0.573 e. The molecular weight excluding hydrogens is 430 g/mol. The van der Waals surface area contributed by atoms with Crippen LogP contribution < -0.4 is 4.74 Å². The first-order valence-corrected chi connectivity index (χ1v) is 5.36. The van der Waals surface area contributed by atoms with Crippen molar-refractivity contribution in [3.05, 3.63) is 25.1 Å². The van der Waals surface area contributed by atoms with Crippen LogP contribution >= 0.6 is 45.2 Å². The number of alkyl halides is 3. The summed E-state index contributed by atoms with van der Waals surface area (Å²) in [4.78, 5) is 0. The Hall–Kier alpha value is 0.200. The Morgan fingerprint density at radius 1 is 1.14 bits per heavy atom. The van der Waals surface area contributed by atoms with Gasteiger partial charge in [0.2, 0.25) is 0 Å². The molecule has 78 valence electrons. The van der Waals surface area contributed by atoms with Crippen LogP contribution in [-0.4, -0.2) is 6.36 Å². The molecule has 0 aliphatic rings. The van der Waals surface area contributed by atoms with Crippen LogP contribution in [-0.2, 0) is 0 Å². The van der Waals surface area contributed by atoms with E-state index in [4.69, 9.17) is 0 Å². The highest BCUT2D eigenvalue weighted by Gasteiger charge is 2.32. The fraction of sp³-hybridized carbons (Fsp3) is 0.143. The predicted molar refractivity (Wildman–Crippen MR) is 58.5 cm³/mol. The van der Waals surface area contributed by atoms with Gasteiger partial charge in [-0.25, -0.2) is 4.39 Å². The molecule has 0 atom stereocenters. The molecule has 0 heterocycles. The summed E-state index contributed by atoms with van der Waals surface area (Å²) in [5.74, 6) is -1.22. The number of rotatable bonds is 1. The third-order valence-corrected chi connectivity index (χ3v) is 3.06. The number of hydrogen-bond donors (Lipinski definition) is 0. The Bertz CT molecular complexity index is 350. The Morgan fingerprint density at radius 3 is 2.21 bits per heavy atom. The minimum Gasteiger partial charge on any atom is -0.405 e. The zero-order chi connectivity index (χ0) is 10.9. The number of ether oxygens (including phenoxy) is 1. The molecule has 1 aromatic carbocycles. The van der Waals surface area contributed by atoms with Gasteiger partial charge in [-0.3, -0.25) is 0 Å². The van der Waals surface area contributed by atoms with Crippen molar-refractivity contribution < 1.29 is 22.3 Å². The number of hydrogen-bond acceptors (Lipinski definition) is 1. The predicted octanol–water partition coefficient (Wildman–Crippen LogP) is 3.93. The van der Waals surface area contributed by atoms with Gasteiger partial charge < -0.3 is 4.74 Å². The summed E-state index contributed by atoms with van der Waals surface area (Å²) >= 11 is 3.15. The van der Waals surface area contributed by atoms with Crippen molar-refractivity contribution in [2.75, 3.05) is 0 Å². The van der Waals surface area contributed by atoms with Gasteiger partial charge in [0.05, 0.1) is 7.14 Å². The second kappa shape index (κ2) is 4.37. The van der Waals surface area contributed by atoms with E-state index < -0.39 is 17.9 Å². The summed E-state index contributed by atoms with van der Waals surface area (Å²) in [7, 11) is 0. The molecule has 0 aliphatic heterocycles. The highest BCUT2D eigenvalue weighted by atomic mass is 127. The fourth-order valence-electron chi connectivity index (χ4n) is 0.712. The Morgan fingerprint density at radius 2 is 1.71 bits per heavy atom. The van der Waals surface area contributed by atoms with Crippen LogP contribution in [0.3, 0.4) is 0 Å². The minimum absolute atomic E-state index is 0.174. The quantitative estimate of drug-likeness (QED) is 0.372. The van der Waals surface area contributed by atoms with E-state index in [1.807, 2.05) is 0 Å². The SMILES string of the molecule is Fc1c(I)ccc(OC(F)(F)F)c1I. The van der Waals surface area contributed by atoms with Crippen molar-refractivity contribution in [2.24, 2.45) is 0 Å². The summed E-state index contributed by atoms with van der Waals surface area (Å²) in [6, 6.07) is 2.30. The van der Waals surface area contributed by atoms with Gasteiger partial charge >= 0.3 is 6.36 Å². The molecule has 0 saturated heterocycles. The molecule has 1 nitrogen and oxygen atoms in total. The van der Waals surface area contributed by atoms with Gasteiger partial charge in [-0.1, -0.05) is 0 Å². The summed E-state index contributed by atoms with van der Waals surface area (Å²) in [6.45, 7) is 0. The van der Waals surface area contributed by atoms with E-state index >= 15 is 0 Å². The maximum atomic E-state index is 13.1. The molecule has 0 saturated carbocycles. The van der Waals surface area contributed by atoms with Crippen molar-refractivity contribution >= 4 is 45.2 Å². The molecule has 1 rings (SSSR count). The molecule has 0 N–H and O–H groups in total. The Labute approximate surface area is 104 Å². The molecule has 0 aromatic heterocycles. The van der Waals surface area contributed by atoms with E-state index in [0.29, 0.717) is 0 Å². The molecule has 0 fully saturated rings. The smallest absolute Gasteiger partial charge is 0.405 e. The van der Waals surface area contributed by atoms with Gasteiger partial charge in [0.25, 0.3) is 0 Å². The molecule has 0 aliphatic carbocycles. The topological polar surface area (TPSA) is 9.23 Å². The van der Waals surface area contributed by atoms with Crippen LogP contribution in [0.2, 0.25) is 0 Å². The van der Waals surface area contributed by atoms with Crippen molar-refractivity contribution in [3.8, 4) is 5.75 Å². The monoisotopic (exact) mass is 432 g/mol. The molecule has 1 aromatic rings. The molecule has 0 radical (unpaired) electrons. The Balaban J connectivity index is 3.06. The van der Waals surface area contributed by atoms with Crippen molar-refractivity contribution in [2.45, 2.75) is 6.36 Å². The van der Waals surface area contributed by atoms with Crippen LogP contribution in [0.1, 0.15) is 0 Å². The third kappa shape index (κ3) is 3.11. The van der Waals surface area contributed by atoms with Crippen molar-refractivity contribution in [1.82, 2.24) is 0 Å². The molecule has 0 amide bonds. The second-order valence-electron chi connectivity index (χ2n) is 2.22. The maximum Gasteiger partial charge on any atom is 0.573 e. The van der Waals surface area contributed by atoms with Crippen LogP contribution in [0, 0.1) is 13.0 Å². The van der Waals surface area contributed by atoms with Crippen molar-refractivity contribution in [3.63, 3.8) is 0 Å². The highest BCUT2D eigenvalue weighted by molar-refractivity contribution is 14.1. The lowest BCUT2D eigenvalue weighted by atomic mass is 10.3. The Kier molecular flexibility index (Phi) is 3.83. The second-order valence-corrected chi connectivity index (χ2v) is 4.46. The van der Waals surface area contributed by atoms with Crippen molar-refractivity contribution in [1.29, 1.82) is 0 Å². The van der Waals surface area contributed by atoms with Gasteiger partial charge in [-0.15, -0.1) is 13.2 Å². The number of benzene rings is 1.